The van der Waals surface area contributed by atoms with Crippen LogP contribution in [0.3, 0.4) is 0 Å². The van der Waals surface area contributed by atoms with Gasteiger partial charge in [0.05, 0.1) is 12.3 Å². The van der Waals surface area contributed by atoms with E-state index in [-0.39, 0.29) is 12.5 Å². The van der Waals surface area contributed by atoms with E-state index in [9.17, 15) is 9.90 Å². The van der Waals surface area contributed by atoms with Crippen LogP contribution in [0, 0.1) is 6.92 Å². The molecular formula is C11H15N5O2. The molecule has 0 aliphatic heterocycles. The summed E-state index contributed by atoms with van der Waals surface area (Å²) in [5.41, 5.74) is 1.76. The van der Waals surface area contributed by atoms with Crippen molar-refractivity contribution in [3.8, 4) is 5.82 Å². The monoisotopic (exact) mass is 249 g/mol. The fraction of sp³-hybridized carbons (Fsp3) is 0.364. The standard InChI is InChI=1S/C11H15N5O2/c1-7-8(6-17)11(15(3)13-7)16-5-4-9(14-16)10(18)12-2/h4-5,17H,6H2,1-3H3,(H,12,18). The Kier molecular flexibility index (Phi) is 3.15. The lowest BCUT2D eigenvalue weighted by molar-refractivity contribution is 0.0957. The van der Waals surface area contributed by atoms with E-state index in [1.165, 1.54) is 4.68 Å². The zero-order valence-corrected chi connectivity index (χ0v) is 10.5. The van der Waals surface area contributed by atoms with Gasteiger partial charge in [-0.05, 0) is 13.0 Å². The topological polar surface area (TPSA) is 85.0 Å². The molecule has 7 heteroatoms. The lowest BCUT2D eigenvalue weighted by Crippen LogP contribution is -2.19. The molecule has 7 nitrogen and oxygen atoms in total. The number of carbonyl (C=O) groups excluding carboxylic acids is 1. The van der Waals surface area contributed by atoms with Crippen LogP contribution in [0.1, 0.15) is 21.7 Å². The first kappa shape index (κ1) is 12.3. The van der Waals surface area contributed by atoms with Crippen LogP contribution in [-0.2, 0) is 13.7 Å². The molecule has 2 heterocycles. The highest BCUT2D eigenvalue weighted by atomic mass is 16.3. The van der Waals surface area contributed by atoms with Crippen molar-refractivity contribution in [1.29, 1.82) is 0 Å². The minimum Gasteiger partial charge on any atom is -0.391 e. The third kappa shape index (κ3) is 1.88. The molecule has 96 valence electrons. The fourth-order valence-corrected chi connectivity index (χ4v) is 1.85. The minimum atomic E-state index is -0.252. The normalized spacial score (nSPS) is 10.7. The average Bonchev–Trinajstić information content (AvgIpc) is 2.92. The van der Waals surface area contributed by atoms with Gasteiger partial charge in [0, 0.05) is 25.9 Å². The van der Waals surface area contributed by atoms with E-state index >= 15 is 0 Å². The number of amides is 1. The van der Waals surface area contributed by atoms with Crippen LogP contribution < -0.4 is 5.32 Å². The molecule has 0 radical (unpaired) electrons. The van der Waals surface area contributed by atoms with Crippen LogP contribution >= 0.6 is 0 Å². The molecular weight excluding hydrogens is 234 g/mol. The number of aromatic nitrogens is 4. The smallest absolute Gasteiger partial charge is 0.271 e. The fourth-order valence-electron chi connectivity index (χ4n) is 1.85. The molecule has 0 saturated heterocycles. The molecule has 0 aliphatic rings. The molecule has 2 N–H and O–H groups in total. The van der Waals surface area contributed by atoms with Gasteiger partial charge in [-0.3, -0.25) is 9.48 Å². The van der Waals surface area contributed by atoms with E-state index in [1.807, 2.05) is 6.92 Å². The highest BCUT2D eigenvalue weighted by Crippen LogP contribution is 2.17. The van der Waals surface area contributed by atoms with Crippen LogP contribution in [0.2, 0.25) is 0 Å². The lowest BCUT2D eigenvalue weighted by Gasteiger charge is -2.04. The van der Waals surface area contributed by atoms with Gasteiger partial charge in [-0.15, -0.1) is 0 Å². The van der Waals surface area contributed by atoms with E-state index in [1.54, 1.807) is 31.0 Å². The second-order valence-corrected chi connectivity index (χ2v) is 3.89. The largest absolute Gasteiger partial charge is 0.391 e. The SMILES string of the molecule is CNC(=O)c1ccn(-c2c(CO)c(C)nn2C)n1. The van der Waals surface area contributed by atoms with Crippen molar-refractivity contribution in [3.63, 3.8) is 0 Å². The van der Waals surface area contributed by atoms with Crippen molar-refractivity contribution in [2.24, 2.45) is 7.05 Å². The second kappa shape index (κ2) is 4.61. The lowest BCUT2D eigenvalue weighted by atomic mass is 10.2. The molecule has 0 aliphatic carbocycles. The minimum absolute atomic E-state index is 0.121. The summed E-state index contributed by atoms with van der Waals surface area (Å²) in [6.07, 6.45) is 1.67. The summed E-state index contributed by atoms with van der Waals surface area (Å²) in [5, 5.41) is 20.3. The van der Waals surface area contributed by atoms with Gasteiger partial charge in [-0.25, -0.2) is 4.68 Å². The molecule has 0 aromatic carbocycles. The van der Waals surface area contributed by atoms with E-state index in [4.69, 9.17) is 0 Å². The van der Waals surface area contributed by atoms with Gasteiger partial charge in [0.2, 0.25) is 0 Å². The van der Waals surface area contributed by atoms with Gasteiger partial charge < -0.3 is 10.4 Å². The predicted octanol–water partition coefficient (Wildman–Crippen LogP) is -0.234. The molecule has 2 rings (SSSR count). The summed E-state index contributed by atoms with van der Waals surface area (Å²) in [4.78, 5) is 11.4. The molecule has 2 aromatic rings. The summed E-state index contributed by atoms with van der Waals surface area (Å²) in [6, 6.07) is 1.61. The maximum absolute atomic E-state index is 11.4. The number of carbonyl (C=O) groups is 1. The number of aryl methyl sites for hydroxylation is 2. The van der Waals surface area contributed by atoms with Crippen molar-refractivity contribution < 1.29 is 9.90 Å². The number of nitrogens with zero attached hydrogens (tertiary/aromatic N) is 4. The van der Waals surface area contributed by atoms with Crippen molar-refractivity contribution in [2.75, 3.05) is 7.05 Å². The third-order valence-corrected chi connectivity index (χ3v) is 2.74. The summed E-state index contributed by atoms with van der Waals surface area (Å²) < 4.78 is 3.16. The Morgan fingerprint density at radius 2 is 2.22 bits per heavy atom. The number of aliphatic hydroxyl groups is 1. The maximum atomic E-state index is 11.4. The summed E-state index contributed by atoms with van der Waals surface area (Å²) >= 11 is 0. The second-order valence-electron chi connectivity index (χ2n) is 3.89. The third-order valence-electron chi connectivity index (χ3n) is 2.74. The number of hydrogen-bond acceptors (Lipinski definition) is 4. The summed E-state index contributed by atoms with van der Waals surface area (Å²) in [7, 11) is 3.32. The van der Waals surface area contributed by atoms with E-state index < -0.39 is 0 Å². The molecule has 0 fully saturated rings. The number of aliphatic hydroxyl groups excluding tert-OH is 1. The number of hydrogen-bond donors (Lipinski definition) is 2. The van der Waals surface area contributed by atoms with E-state index in [0.29, 0.717) is 17.1 Å². The first-order valence-electron chi connectivity index (χ1n) is 5.50. The average molecular weight is 249 g/mol. The number of rotatable bonds is 3. The Morgan fingerprint density at radius 1 is 1.50 bits per heavy atom. The molecule has 0 atom stereocenters. The molecule has 0 unspecified atom stereocenters. The molecule has 1 amide bonds. The Hall–Kier alpha value is -2.15. The summed E-state index contributed by atoms with van der Waals surface area (Å²) in [5.74, 6) is 0.406. The molecule has 2 aromatic heterocycles. The highest BCUT2D eigenvalue weighted by Gasteiger charge is 2.16. The van der Waals surface area contributed by atoms with E-state index in [0.717, 1.165) is 5.69 Å². The molecule has 0 spiro atoms. The molecule has 0 bridgehead atoms. The Balaban J connectivity index is 2.49. The van der Waals surface area contributed by atoms with Gasteiger partial charge in [0.25, 0.3) is 5.91 Å². The van der Waals surface area contributed by atoms with Crippen molar-refractivity contribution in [2.45, 2.75) is 13.5 Å². The Labute approximate surface area is 104 Å². The zero-order chi connectivity index (χ0) is 13.3. The van der Waals surface area contributed by atoms with Crippen LogP contribution in [0.25, 0.3) is 5.82 Å². The molecule has 18 heavy (non-hydrogen) atoms. The van der Waals surface area contributed by atoms with Gasteiger partial charge in [-0.2, -0.15) is 10.2 Å². The van der Waals surface area contributed by atoms with Crippen LogP contribution in [0.15, 0.2) is 12.3 Å². The van der Waals surface area contributed by atoms with Gasteiger partial charge >= 0.3 is 0 Å². The van der Waals surface area contributed by atoms with Crippen LogP contribution in [-0.4, -0.2) is 37.6 Å². The van der Waals surface area contributed by atoms with Crippen LogP contribution in [0.5, 0.6) is 0 Å². The first-order valence-corrected chi connectivity index (χ1v) is 5.50. The predicted molar refractivity (Wildman–Crippen MR) is 64.4 cm³/mol. The highest BCUT2D eigenvalue weighted by molar-refractivity contribution is 5.91. The van der Waals surface area contributed by atoms with Gasteiger partial charge in [-0.1, -0.05) is 0 Å². The Morgan fingerprint density at radius 3 is 2.83 bits per heavy atom. The summed E-state index contributed by atoms with van der Waals surface area (Å²) in [6.45, 7) is 1.70. The Bertz CT molecular complexity index is 584. The van der Waals surface area contributed by atoms with Crippen LogP contribution in [0.4, 0.5) is 0 Å². The maximum Gasteiger partial charge on any atom is 0.271 e. The first-order chi connectivity index (χ1) is 8.58. The van der Waals surface area contributed by atoms with Crippen molar-refractivity contribution >= 4 is 5.91 Å². The number of nitrogens with one attached hydrogen (secondary N) is 1. The zero-order valence-electron chi connectivity index (χ0n) is 10.5. The van der Waals surface area contributed by atoms with Crippen molar-refractivity contribution in [3.05, 3.63) is 29.2 Å². The van der Waals surface area contributed by atoms with Crippen molar-refractivity contribution in [1.82, 2.24) is 24.9 Å². The van der Waals surface area contributed by atoms with Gasteiger partial charge in [0.1, 0.15) is 0 Å². The van der Waals surface area contributed by atoms with E-state index in [2.05, 4.69) is 15.5 Å². The molecule has 0 saturated carbocycles. The van der Waals surface area contributed by atoms with Gasteiger partial charge in [0.15, 0.2) is 11.5 Å². The quantitative estimate of drug-likeness (QED) is 0.786.